The first-order chi connectivity index (χ1) is 14.1. The van der Waals surface area contributed by atoms with Gasteiger partial charge in [0.15, 0.2) is 5.43 Å². The molecule has 0 saturated carbocycles. The smallest absolute Gasteiger partial charge is 0.317 e. The van der Waals surface area contributed by atoms with Gasteiger partial charge in [-0.2, -0.15) is 0 Å². The molecule has 0 spiro atoms. The summed E-state index contributed by atoms with van der Waals surface area (Å²) in [6, 6.07) is 6.81. The van der Waals surface area contributed by atoms with Crippen molar-refractivity contribution >= 4 is 56.5 Å². The molecule has 0 bridgehead atoms. The minimum Gasteiger partial charge on any atom is -0.368 e. The number of urea groups is 1. The minimum absolute atomic E-state index is 0.0399. The Bertz CT molecular complexity index is 1150. The second-order valence-corrected chi connectivity index (χ2v) is 10.3. The number of nitrogens with zero attached hydrogens (tertiary/aromatic N) is 3. The summed E-state index contributed by atoms with van der Waals surface area (Å²) in [5.41, 5.74) is 1.83. The lowest BCUT2D eigenvalue weighted by molar-refractivity contribution is 0.185. The number of aromatic nitrogens is 1. The number of amides is 2. The first-order valence-electron chi connectivity index (χ1n) is 9.66. The van der Waals surface area contributed by atoms with Crippen LogP contribution in [0.4, 0.5) is 10.5 Å². The number of fused-ring (bicyclic) bond motifs is 2. The largest absolute Gasteiger partial charge is 0.368 e. The average molecular weight is 465 g/mol. The molecule has 158 valence electrons. The number of anilines is 1. The summed E-state index contributed by atoms with van der Waals surface area (Å²) in [5, 5.41) is 3.88. The molecule has 0 atom stereocenters. The second kappa shape index (κ2) is 7.87. The fourth-order valence-electron chi connectivity index (χ4n) is 3.46. The lowest BCUT2D eigenvalue weighted by Crippen LogP contribution is -2.55. The van der Waals surface area contributed by atoms with Crippen LogP contribution in [0.1, 0.15) is 20.8 Å². The summed E-state index contributed by atoms with van der Waals surface area (Å²) in [6.07, 6.45) is 0. The molecule has 6 nitrogen and oxygen atoms in total. The molecule has 2 aliphatic heterocycles. The molecule has 0 aromatic heterocycles. The third-order valence-electron chi connectivity index (χ3n) is 4.87. The van der Waals surface area contributed by atoms with Gasteiger partial charge in [-0.25, -0.2) is 9.78 Å². The fourth-order valence-corrected chi connectivity index (χ4v) is 5.18. The van der Waals surface area contributed by atoms with E-state index in [2.05, 4.69) is 15.2 Å². The highest BCUT2D eigenvalue weighted by molar-refractivity contribution is 7.21. The van der Waals surface area contributed by atoms with Crippen LogP contribution in [0, 0.1) is 0 Å². The van der Waals surface area contributed by atoms with Crippen LogP contribution in [0.2, 0.25) is 10.0 Å². The van der Waals surface area contributed by atoms with Crippen molar-refractivity contribution in [1.82, 2.24) is 15.2 Å². The van der Waals surface area contributed by atoms with Crippen LogP contribution in [0.3, 0.4) is 0 Å². The van der Waals surface area contributed by atoms with E-state index in [4.69, 9.17) is 23.2 Å². The predicted molar refractivity (Wildman–Crippen MR) is 125 cm³/mol. The Hall–Kier alpha value is -2.09. The minimum atomic E-state index is -0.260. The van der Waals surface area contributed by atoms with Gasteiger partial charge in [-0.15, -0.1) is 11.3 Å². The molecule has 4 rings (SSSR count). The predicted octanol–water partition coefficient (Wildman–Crippen LogP) is 4.70. The van der Waals surface area contributed by atoms with Crippen molar-refractivity contribution in [3.63, 3.8) is 0 Å². The monoisotopic (exact) mass is 464 g/mol. The Morgan fingerprint density at radius 2 is 1.77 bits per heavy atom. The molecule has 30 heavy (non-hydrogen) atoms. The van der Waals surface area contributed by atoms with Crippen LogP contribution in [0.5, 0.6) is 0 Å². The zero-order valence-electron chi connectivity index (χ0n) is 17.0. The van der Waals surface area contributed by atoms with Gasteiger partial charge in [-0.05, 0) is 32.9 Å². The Kier molecular flexibility index (Phi) is 5.55. The molecule has 1 aromatic rings. The SMILES string of the molecule is CC(C)(C)NC(=O)N1CCN(c2cc(Cl)c3nc4c(Cl)cc(=O)cc-4sc3c2)CC1. The summed E-state index contributed by atoms with van der Waals surface area (Å²) in [7, 11) is 0. The highest BCUT2D eigenvalue weighted by Gasteiger charge is 2.25. The topological polar surface area (TPSA) is 65.5 Å². The molecule has 1 aliphatic carbocycles. The maximum Gasteiger partial charge on any atom is 0.317 e. The van der Waals surface area contributed by atoms with E-state index in [1.807, 2.05) is 37.8 Å². The molecule has 2 amide bonds. The normalized spacial score (nSPS) is 15.1. The number of benzene rings is 2. The van der Waals surface area contributed by atoms with Crippen molar-refractivity contribution in [3.8, 4) is 10.6 Å². The zero-order chi connectivity index (χ0) is 21.6. The van der Waals surface area contributed by atoms with Crippen LogP contribution in [-0.2, 0) is 0 Å². The van der Waals surface area contributed by atoms with Gasteiger partial charge < -0.3 is 15.1 Å². The standard InChI is InChI=1S/C21H22Cl2N4O2S/c1-21(2,3)25-20(29)27-6-4-26(5-7-27)12-8-14(22)18-16(9-12)30-17-11-13(28)10-15(23)19(17)24-18/h8-11H,4-7H2,1-3H3,(H,25,29). The number of piperazine rings is 1. The first-order valence-corrected chi connectivity index (χ1v) is 11.2. The molecular formula is C21H22Cl2N4O2S. The highest BCUT2D eigenvalue weighted by atomic mass is 35.5. The van der Waals surface area contributed by atoms with E-state index in [0.717, 1.165) is 15.3 Å². The van der Waals surface area contributed by atoms with Crippen LogP contribution < -0.4 is 15.6 Å². The van der Waals surface area contributed by atoms with E-state index < -0.39 is 0 Å². The summed E-state index contributed by atoms with van der Waals surface area (Å²) in [5.74, 6) is 0. The molecule has 1 saturated heterocycles. The molecule has 9 heteroatoms. The van der Waals surface area contributed by atoms with Crippen molar-refractivity contribution < 1.29 is 4.79 Å². The summed E-state index contributed by atoms with van der Waals surface area (Å²) in [4.78, 5) is 33.6. The molecule has 0 unspecified atom stereocenters. The molecule has 0 radical (unpaired) electrons. The summed E-state index contributed by atoms with van der Waals surface area (Å²) >= 11 is 14.2. The van der Waals surface area contributed by atoms with Crippen molar-refractivity contribution in [2.45, 2.75) is 26.3 Å². The van der Waals surface area contributed by atoms with Crippen LogP contribution in [0.25, 0.3) is 20.8 Å². The van der Waals surface area contributed by atoms with Gasteiger partial charge in [0.05, 0.1) is 30.8 Å². The molecular weight excluding hydrogens is 443 g/mol. The lowest BCUT2D eigenvalue weighted by Gasteiger charge is -2.37. The number of hydrogen-bond donors (Lipinski definition) is 1. The molecule has 1 fully saturated rings. The van der Waals surface area contributed by atoms with Gasteiger partial charge >= 0.3 is 6.03 Å². The number of carbonyl (C=O) groups is 1. The van der Waals surface area contributed by atoms with Gasteiger partial charge in [-0.3, -0.25) is 4.79 Å². The highest BCUT2D eigenvalue weighted by Crippen LogP contribution is 2.38. The van der Waals surface area contributed by atoms with E-state index in [-0.39, 0.29) is 17.0 Å². The second-order valence-electron chi connectivity index (χ2n) is 8.39. The quantitative estimate of drug-likeness (QED) is 0.530. The third-order valence-corrected chi connectivity index (χ3v) is 6.51. The van der Waals surface area contributed by atoms with E-state index in [1.165, 1.54) is 17.4 Å². The van der Waals surface area contributed by atoms with E-state index >= 15 is 0 Å². The van der Waals surface area contributed by atoms with Crippen molar-refractivity contribution in [2.75, 3.05) is 31.1 Å². The van der Waals surface area contributed by atoms with Crippen LogP contribution in [0.15, 0.2) is 29.1 Å². The summed E-state index contributed by atoms with van der Waals surface area (Å²) in [6.45, 7) is 8.60. The first kappa shape index (κ1) is 21.2. The Balaban J connectivity index is 1.60. The lowest BCUT2D eigenvalue weighted by atomic mass is 10.1. The van der Waals surface area contributed by atoms with Gasteiger partial charge in [0.1, 0.15) is 0 Å². The maximum absolute atomic E-state index is 12.4. The maximum atomic E-state index is 12.4. The molecule has 1 N–H and O–H groups in total. The Morgan fingerprint density at radius 1 is 1.07 bits per heavy atom. The van der Waals surface area contributed by atoms with Crippen molar-refractivity contribution in [3.05, 3.63) is 44.5 Å². The molecule has 1 aromatic carbocycles. The van der Waals surface area contributed by atoms with Gasteiger partial charge in [-0.1, -0.05) is 23.2 Å². The van der Waals surface area contributed by atoms with Crippen molar-refractivity contribution in [1.29, 1.82) is 0 Å². The molecule has 2 heterocycles. The summed E-state index contributed by atoms with van der Waals surface area (Å²) < 4.78 is 0.888. The van der Waals surface area contributed by atoms with Gasteiger partial charge in [0.2, 0.25) is 0 Å². The van der Waals surface area contributed by atoms with Crippen LogP contribution in [-0.4, -0.2) is 47.6 Å². The van der Waals surface area contributed by atoms with Crippen LogP contribution >= 0.6 is 34.5 Å². The number of halogens is 2. The Morgan fingerprint density at radius 3 is 2.43 bits per heavy atom. The third kappa shape index (κ3) is 4.33. The number of hydrogen-bond acceptors (Lipinski definition) is 5. The average Bonchev–Trinajstić information content (AvgIpc) is 2.65. The number of nitrogens with one attached hydrogen (secondary N) is 1. The van der Waals surface area contributed by atoms with E-state index in [0.29, 0.717) is 47.4 Å². The molecule has 3 aliphatic rings. The number of carbonyl (C=O) groups excluding carboxylic acids is 1. The van der Waals surface area contributed by atoms with Gasteiger partial charge in [0.25, 0.3) is 0 Å². The number of rotatable bonds is 1. The zero-order valence-corrected chi connectivity index (χ0v) is 19.3. The van der Waals surface area contributed by atoms with Gasteiger partial charge in [0, 0.05) is 49.5 Å². The van der Waals surface area contributed by atoms with E-state index in [1.54, 1.807) is 6.07 Å². The van der Waals surface area contributed by atoms with E-state index in [9.17, 15) is 9.59 Å². The Labute approximate surface area is 188 Å². The van der Waals surface area contributed by atoms with Crippen molar-refractivity contribution in [2.24, 2.45) is 0 Å². The fraction of sp³-hybridized carbons (Fsp3) is 0.381.